The normalized spacial score (nSPS) is 10.9. The molecule has 0 aliphatic carbocycles. The average molecular weight is 209 g/mol. The number of imidazole rings is 1. The van der Waals surface area contributed by atoms with Gasteiger partial charge in [0.15, 0.2) is 16.2 Å². The molecule has 14 heavy (non-hydrogen) atoms. The van der Waals surface area contributed by atoms with Gasteiger partial charge in [-0.15, -0.1) is 0 Å². The van der Waals surface area contributed by atoms with E-state index in [1.165, 1.54) is 6.33 Å². The van der Waals surface area contributed by atoms with Gasteiger partial charge in [-0.1, -0.05) is 6.92 Å². The molecule has 0 atom stereocenters. The summed E-state index contributed by atoms with van der Waals surface area (Å²) in [5.74, 6) is 0.441. The second-order valence-corrected chi connectivity index (χ2v) is 3.43. The maximum Gasteiger partial charge on any atom is 0.179 e. The Morgan fingerprint density at radius 2 is 2.36 bits per heavy atom. The van der Waals surface area contributed by atoms with Crippen LogP contribution in [0.1, 0.15) is 13.3 Å². The third kappa shape index (κ3) is 1.27. The van der Waals surface area contributed by atoms with E-state index in [-0.39, 0.29) is 0 Å². The van der Waals surface area contributed by atoms with Crippen molar-refractivity contribution in [2.24, 2.45) is 0 Å². The second-order valence-electron chi connectivity index (χ2n) is 3.04. The number of aromatic nitrogens is 4. The molecule has 0 saturated heterocycles. The third-order valence-electron chi connectivity index (χ3n) is 2.04. The number of aryl methyl sites for hydroxylation is 1. The lowest BCUT2D eigenvalue weighted by atomic mass is 10.4. The maximum atomic E-state index is 5.69. The van der Waals surface area contributed by atoms with E-state index in [9.17, 15) is 0 Å². The minimum atomic E-state index is 0.441. The molecule has 2 heterocycles. The highest BCUT2D eigenvalue weighted by molar-refractivity contribution is 7.71. The van der Waals surface area contributed by atoms with Crippen molar-refractivity contribution in [1.29, 1.82) is 0 Å². The lowest BCUT2D eigenvalue weighted by Crippen LogP contribution is -1.99. The maximum absolute atomic E-state index is 5.69. The molecule has 0 bridgehead atoms. The molecule has 0 amide bonds. The van der Waals surface area contributed by atoms with Crippen LogP contribution in [0.5, 0.6) is 0 Å². The smallest absolute Gasteiger partial charge is 0.179 e. The van der Waals surface area contributed by atoms with Crippen LogP contribution < -0.4 is 5.73 Å². The number of fused-ring (bicyclic) bond motifs is 1. The number of aromatic amines is 1. The monoisotopic (exact) mass is 209 g/mol. The van der Waals surface area contributed by atoms with Gasteiger partial charge < -0.3 is 15.3 Å². The van der Waals surface area contributed by atoms with Crippen LogP contribution >= 0.6 is 12.2 Å². The molecular weight excluding hydrogens is 198 g/mol. The molecule has 0 saturated carbocycles. The van der Waals surface area contributed by atoms with Crippen LogP contribution in [0.3, 0.4) is 0 Å². The van der Waals surface area contributed by atoms with Gasteiger partial charge >= 0.3 is 0 Å². The highest BCUT2D eigenvalue weighted by atomic mass is 32.1. The Kier molecular flexibility index (Phi) is 2.20. The van der Waals surface area contributed by atoms with E-state index in [1.807, 2.05) is 4.57 Å². The van der Waals surface area contributed by atoms with Crippen molar-refractivity contribution >= 4 is 29.2 Å². The molecule has 0 fully saturated rings. The molecule has 0 unspecified atom stereocenters. The zero-order valence-electron chi connectivity index (χ0n) is 7.82. The van der Waals surface area contributed by atoms with Gasteiger partial charge in [-0.3, -0.25) is 0 Å². The van der Waals surface area contributed by atoms with E-state index in [0.717, 1.165) is 24.1 Å². The van der Waals surface area contributed by atoms with E-state index in [1.54, 1.807) is 0 Å². The van der Waals surface area contributed by atoms with Crippen molar-refractivity contribution in [2.75, 3.05) is 5.73 Å². The minimum absolute atomic E-state index is 0.441. The Morgan fingerprint density at radius 1 is 1.57 bits per heavy atom. The first-order chi connectivity index (χ1) is 6.74. The lowest BCUT2D eigenvalue weighted by molar-refractivity contribution is 0.683. The predicted molar refractivity (Wildman–Crippen MR) is 57.4 cm³/mol. The quantitative estimate of drug-likeness (QED) is 0.735. The lowest BCUT2D eigenvalue weighted by Gasteiger charge is -1.99. The number of rotatable bonds is 2. The van der Waals surface area contributed by atoms with Gasteiger partial charge in [-0.25, -0.2) is 9.97 Å². The predicted octanol–water partition coefficient (Wildman–Crippen LogP) is 1.48. The SMILES string of the molecule is CCCn1c(=S)[nH]c2c(N)ncnc21. The molecule has 2 rings (SSSR count). The van der Waals surface area contributed by atoms with E-state index < -0.39 is 0 Å². The number of H-pyrrole nitrogens is 1. The summed E-state index contributed by atoms with van der Waals surface area (Å²) in [6.45, 7) is 2.93. The molecule has 0 aromatic carbocycles. The molecule has 2 aromatic heterocycles. The van der Waals surface area contributed by atoms with Crippen molar-refractivity contribution in [3.63, 3.8) is 0 Å². The van der Waals surface area contributed by atoms with Crippen LogP contribution in [0.2, 0.25) is 0 Å². The average Bonchev–Trinajstić information content (AvgIpc) is 2.47. The van der Waals surface area contributed by atoms with Crippen LogP contribution in [0.25, 0.3) is 11.2 Å². The molecule has 0 aliphatic heterocycles. The fraction of sp³-hybridized carbons (Fsp3) is 0.375. The van der Waals surface area contributed by atoms with Crippen molar-refractivity contribution in [1.82, 2.24) is 19.5 Å². The van der Waals surface area contributed by atoms with Crippen molar-refractivity contribution in [2.45, 2.75) is 19.9 Å². The van der Waals surface area contributed by atoms with Crippen LogP contribution in [-0.4, -0.2) is 19.5 Å². The Bertz CT molecular complexity index is 512. The Morgan fingerprint density at radius 3 is 3.07 bits per heavy atom. The zero-order valence-corrected chi connectivity index (χ0v) is 8.64. The summed E-state index contributed by atoms with van der Waals surface area (Å²) in [6.07, 6.45) is 2.46. The molecule has 0 spiro atoms. The van der Waals surface area contributed by atoms with Crippen LogP contribution in [-0.2, 0) is 6.54 Å². The first kappa shape index (κ1) is 9.14. The van der Waals surface area contributed by atoms with Crippen LogP contribution in [0.4, 0.5) is 5.82 Å². The van der Waals surface area contributed by atoms with Crippen molar-refractivity contribution < 1.29 is 0 Å². The van der Waals surface area contributed by atoms with Gasteiger partial charge in [0.1, 0.15) is 11.8 Å². The second kappa shape index (κ2) is 3.38. The van der Waals surface area contributed by atoms with E-state index >= 15 is 0 Å². The van der Waals surface area contributed by atoms with Gasteiger partial charge in [0, 0.05) is 6.54 Å². The van der Waals surface area contributed by atoms with E-state index in [4.69, 9.17) is 18.0 Å². The number of nitrogen functional groups attached to an aromatic ring is 1. The molecule has 5 nitrogen and oxygen atoms in total. The fourth-order valence-electron chi connectivity index (χ4n) is 1.42. The number of anilines is 1. The number of hydrogen-bond acceptors (Lipinski definition) is 4. The molecule has 74 valence electrons. The highest BCUT2D eigenvalue weighted by Gasteiger charge is 2.07. The summed E-state index contributed by atoms with van der Waals surface area (Å²) >= 11 is 5.16. The van der Waals surface area contributed by atoms with Crippen LogP contribution in [0.15, 0.2) is 6.33 Å². The Balaban J connectivity index is 2.77. The van der Waals surface area contributed by atoms with E-state index in [2.05, 4.69) is 21.9 Å². The first-order valence-corrected chi connectivity index (χ1v) is 4.84. The summed E-state index contributed by atoms with van der Waals surface area (Å²) in [5.41, 5.74) is 7.20. The molecular formula is C8H11N5S. The number of nitrogens with two attached hydrogens (primary N) is 1. The minimum Gasteiger partial charge on any atom is -0.382 e. The number of nitrogens with zero attached hydrogens (tertiary/aromatic N) is 3. The standard InChI is InChI=1S/C8H11N5S/c1-2-3-13-7-5(12-8(13)14)6(9)10-4-11-7/h4H,2-3H2,1H3,(H,12,14)(H2,9,10,11). The summed E-state index contributed by atoms with van der Waals surface area (Å²) in [6, 6.07) is 0. The zero-order chi connectivity index (χ0) is 10.1. The molecule has 6 heteroatoms. The fourth-order valence-corrected chi connectivity index (χ4v) is 1.70. The van der Waals surface area contributed by atoms with Gasteiger partial charge in [-0.05, 0) is 18.6 Å². The number of hydrogen-bond donors (Lipinski definition) is 2. The molecule has 0 aliphatic rings. The summed E-state index contributed by atoms with van der Waals surface area (Å²) in [5, 5.41) is 0. The van der Waals surface area contributed by atoms with Gasteiger partial charge in [0.25, 0.3) is 0 Å². The van der Waals surface area contributed by atoms with Gasteiger partial charge in [0.2, 0.25) is 0 Å². The summed E-state index contributed by atoms with van der Waals surface area (Å²) < 4.78 is 2.58. The molecule has 3 N–H and O–H groups in total. The topological polar surface area (TPSA) is 72.5 Å². The van der Waals surface area contributed by atoms with Crippen molar-refractivity contribution in [3.8, 4) is 0 Å². The first-order valence-electron chi connectivity index (χ1n) is 4.43. The summed E-state index contributed by atoms with van der Waals surface area (Å²) in [4.78, 5) is 11.1. The van der Waals surface area contributed by atoms with Crippen molar-refractivity contribution in [3.05, 3.63) is 11.1 Å². The van der Waals surface area contributed by atoms with Gasteiger partial charge in [-0.2, -0.15) is 0 Å². The van der Waals surface area contributed by atoms with E-state index in [0.29, 0.717) is 10.6 Å². The van der Waals surface area contributed by atoms with Gasteiger partial charge in [0.05, 0.1) is 0 Å². The Labute approximate surface area is 86.0 Å². The Hall–Kier alpha value is -1.43. The molecule has 0 radical (unpaired) electrons. The third-order valence-corrected chi connectivity index (χ3v) is 2.36. The van der Waals surface area contributed by atoms with Crippen LogP contribution in [0, 0.1) is 4.77 Å². The largest absolute Gasteiger partial charge is 0.382 e. The molecule has 2 aromatic rings. The highest BCUT2D eigenvalue weighted by Crippen LogP contribution is 2.15. The number of nitrogens with one attached hydrogen (secondary N) is 1. The summed E-state index contributed by atoms with van der Waals surface area (Å²) in [7, 11) is 0.